The monoisotopic (exact) mass is 541 g/mol. The van der Waals surface area contributed by atoms with Gasteiger partial charge in [-0.1, -0.05) is 78.9 Å². The number of hydrogen-bond acceptors (Lipinski definition) is 6. The number of para-hydroxylation sites is 1. The maximum Gasteiger partial charge on any atom is 0.341 e. The first-order valence-corrected chi connectivity index (χ1v) is 16.1. The van der Waals surface area contributed by atoms with Gasteiger partial charge < -0.3 is 14.3 Å². The van der Waals surface area contributed by atoms with Gasteiger partial charge in [0.2, 0.25) is 13.9 Å². The van der Waals surface area contributed by atoms with Crippen LogP contribution in [0.25, 0.3) is 11.5 Å². The smallest absolute Gasteiger partial charge is 0.341 e. The Kier molecular flexibility index (Phi) is 7.87. The third kappa shape index (κ3) is 5.42. The second-order valence-electron chi connectivity index (χ2n) is 9.97. The van der Waals surface area contributed by atoms with Crippen molar-refractivity contribution in [3.05, 3.63) is 114 Å². The third-order valence-corrected chi connectivity index (χ3v) is 6.89. The van der Waals surface area contributed by atoms with Gasteiger partial charge in [0.1, 0.15) is 11.5 Å². The molecule has 1 fully saturated rings. The van der Waals surface area contributed by atoms with E-state index in [1.165, 1.54) is 6.08 Å². The Bertz CT molecular complexity index is 1430. The molecule has 0 radical (unpaired) electrons. The number of benzene rings is 3. The lowest BCUT2D eigenvalue weighted by atomic mass is 9.85. The Morgan fingerprint density at radius 1 is 0.872 bits per heavy atom. The lowest BCUT2D eigenvalue weighted by Gasteiger charge is -2.35. The molecule has 1 N–H and O–H groups in total. The molecule has 0 spiro atoms. The number of rotatable bonds is 8. The number of aliphatic hydroxyl groups is 1. The number of Topliss-reactive ketones (excluding diaryl/α,β-unsaturated/α-hetero) is 1. The van der Waals surface area contributed by atoms with Crippen LogP contribution in [0, 0.1) is 0 Å². The molecule has 1 heterocycles. The minimum Gasteiger partial charge on any atom is -0.544 e. The van der Waals surface area contributed by atoms with Gasteiger partial charge in [-0.2, -0.15) is 0 Å². The third-order valence-electron chi connectivity index (χ3n) is 6.06. The van der Waals surface area contributed by atoms with Crippen LogP contribution in [0.15, 0.2) is 103 Å². The summed E-state index contributed by atoms with van der Waals surface area (Å²) in [7, 11) is -2.30. The van der Waals surface area contributed by atoms with Crippen LogP contribution in [0.4, 0.5) is 5.69 Å². The first kappa shape index (κ1) is 27.6. The molecule has 1 aliphatic rings. The van der Waals surface area contributed by atoms with Crippen molar-refractivity contribution >= 4 is 43.2 Å². The zero-order valence-corrected chi connectivity index (χ0v) is 23.4. The fourth-order valence-corrected chi connectivity index (χ4v) is 5.34. The van der Waals surface area contributed by atoms with E-state index in [0.29, 0.717) is 11.3 Å². The Hall–Kier alpha value is -4.43. The number of carbonyl (C=O) groups excluding carboxylic acids is 3. The van der Waals surface area contributed by atoms with Crippen molar-refractivity contribution in [2.75, 3.05) is 11.5 Å². The van der Waals surface area contributed by atoms with Crippen molar-refractivity contribution in [2.45, 2.75) is 32.1 Å². The predicted octanol–water partition coefficient (Wildman–Crippen LogP) is 5.77. The molecule has 1 aliphatic heterocycles. The normalized spacial score (nSPS) is 19.2. The van der Waals surface area contributed by atoms with E-state index in [2.05, 4.69) is 0 Å². The van der Waals surface area contributed by atoms with Crippen LogP contribution < -0.4 is 4.90 Å². The van der Waals surface area contributed by atoms with Gasteiger partial charge >= 0.3 is 11.9 Å². The molecule has 39 heavy (non-hydrogen) atoms. The van der Waals surface area contributed by atoms with Crippen LogP contribution in [-0.2, 0) is 23.5 Å². The minimum absolute atomic E-state index is 0.0195. The van der Waals surface area contributed by atoms with E-state index in [1.54, 1.807) is 67.6 Å². The van der Waals surface area contributed by atoms with Crippen molar-refractivity contribution in [1.29, 1.82) is 0 Å². The Labute approximate surface area is 229 Å². The zero-order valence-electron chi connectivity index (χ0n) is 22.4. The molecule has 8 heteroatoms. The fraction of sp³-hybridized carbons (Fsp3) is 0.194. The van der Waals surface area contributed by atoms with E-state index in [1.807, 2.05) is 50.0 Å². The number of hydrogen-bond donors (Lipinski definition) is 1. The van der Waals surface area contributed by atoms with E-state index in [9.17, 15) is 19.5 Å². The van der Waals surface area contributed by atoms with Crippen LogP contribution in [0.5, 0.6) is 0 Å². The second kappa shape index (κ2) is 11.1. The lowest BCUT2D eigenvalue weighted by Crippen LogP contribution is -2.53. The maximum absolute atomic E-state index is 14.1. The van der Waals surface area contributed by atoms with Crippen LogP contribution >= 0.6 is 0 Å². The largest absolute Gasteiger partial charge is 0.544 e. The van der Waals surface area contributed by atoms with Gasteiger partial charge in [0.05, 0.1) is 12.2 Å². The predicted molar refractivity (Wildman–Crippen MR) is 153 cm³/mol. The number of aliphatic hydroxyl groups excluding tert-OH is 1. The molecule has 1 atom stereocenters. The summed E-state index contributed by atoms with van der Waals surface area (Å²) < 4.78 is 12.0. The standard InChI is InChI=1S/C31H31NO6Si/c1-5-37-30(36)31(21-25(38-39(2,3)4)22-15-9-6-10-16-22)26(27(33)23-17-11-7-12-18-23)28(34)29(35)32(31)24-19-13-8-14-20-24/h6-21,33H,5H2,1-4H3/b25-21-,27-26-/t31-/m1/s1. The highest BCUT2D eigenvalue weighted by atomic mass is 28.4. The van der Waals surface area contributed by atoms with Gasteiger partial charge in [-0.3, -0.25) is 14.5 Å². The average Bonchev–Trinajstić information content (AvgIpc) is 3.15. The SMILES string of the molecule is CCOC(=O)[C@@]1(/C=C(\O[Si](C)(C)C)c2ccccc2)/C(=C(\O)c2ccccc2)C(=O)C(=O)N1c1ccccc1. The Morgan fingerprint density at radius 3 is 1.90 bits per heavy atom. The number of amides is 1. The zero-order chi connectivity index (χ0) is 28.2. The highest BCUT2D eigenvalue weighted by Gasteiger charge is 2.62. The molecule has 3 aromatic carbocycles. The van der Waals surface area contributed by atoms with Gasteiger partial charge in [0, 0.05) is 16.8 Å². The summed E-state index contributed by atoms with van der Waals surface area (Å²) in [5, 5.41) is 11.6. The van der Waals surface area contributed by atoms with Crippen molar-refractivity contribution in [3.63, 3.8) is 0 Å². The number of esters is 1. The fourth-order valence-electron chi connectivity index (χ4n) is 4.50. The summed E-state index contributed by atoms with van der Waals surface area (Å²) in [5.41, 5.74) is -1.35. The summed E-state index contributed by atoms with van der Waals surface area (Å²) in [4.78, 5) is 42.7. The van der Waals surface area contributed by atoms with Crippen molar-refractivity contribution in [2.24, 2.45) is 0 Å². The summed E-state index contributed by atoms with van der Waals surface area (Å²) in [6.07, 6.45) is 1.45. The highest BCUT2D eigenvalue weighted by Crippen LogP contribution is 2.44. The maximum atomic E-state index is 14.1. The first-order chi connectivity index (χ1) is 18.6. The van der Waals surface area contributed by atoms with Crippen LogP contribution in [-0.4, -0.2) is 43.2 Å². The van der Waals surface area contributed by atoms with Gasteiger partial charge in [-0.05, 0) is 44.8 Å². The van der Waals surface area contributed by atoms with E-state index < -0.39 is 42.8 Å². The van der Waals surface area contributed by atoms with Gasteiger partial charge in [-0.25, -0.2) is 4.79 Å². The molecular formula is C31H31NO6Si. The van der Waals surface area contributed by atoms with Gasteiger partial charge in [0.25, 0.3) is 5.78 Å². The molecule has 0 bridgehead atoms. The van der Waals surface area contributed by atoms with E-state index in [4.69, 9.17) is 9.16 Å². The molecule has 200 valence electrons. The van der Waals surface area contributed by atoms with Crippen LogP contribution in [0.2, 0.25) is 19.6 Å². The van der Waals surface area contributed by atoms with E-state index in [0.717, 1.165) is 4.90 Å². The first-order valence-electron chi connectivity index (χ1n) is 12.7. The molecule has 0 aromatic heterocycles. The molecule has 0 saturated carbocycles. The van der Waals surface area contributed by atoms with Gasteiger partial charge in [-0.15, -0.1) is 0 Å². The Balaban J connectivity index is 2.16. The number of anilines is 1. The number of ketones is 1. The van der Waals surface area contributed by atoms with E-state index >= 15 is 0 Å². The van der Waals surface area contributed by atoms with Crippen LogP contribution in [0.1, 0.15) is 18.1 Å². The lowest BCUT2D eigenvalue weighted by molar-refractivity contribution is -0.146. The molecule has 3 aromatic rings. The minimum atomic E-state index is -2.30. The van der Waals surface area contributed by atoms with Crippen molar-refractivity contribution in [3.8, 4) is 0 Å². The van der Waals surface area contributed by atoms with Crippen LogP contribution in [0.3, 0.4) is 0 Å². The summed E-state index contributed by atoms with van der Waals surface area (Å²) >= 11 is 0. The van der Waals surface area contributed by atoms with Crippen molar-refractivity contribution in [1.82, 2.24) is 0 Å². The quantitative estimate of drug-likeness (QED) is 0.128. The second-order valence-corrected chi connectivity index (χ2v) is 14.4. The Morgan fingerprint density at radius 2 is 1.38 bits per heavy atom. The molecule has 1 amide bonds. The topological polar surface area (TPSA) is 93.1 Å². The van der Waals surface area contributed by atoms with Crippen molar-refractivity contribution < 1.29 is 28.7 Å². The number of ether oxygens (including phenoxy) is 1. The summed E-state index contributed by atoms with van der Waals surface area (Å²) in [6, 6.07) is 25.9. The molecule has 1 saturated heterocycles. The van der Waals surface area contributed by atoms with Gasteiger partial charge in [0.15, 0.2) is 0 Å². The number of carbonyl (C=O) groups is 3. The molecule has 0 aliphatic carbocycles. The van der Waals surface area contributed by atoms with E-state index in [-0.39, 0.29) is 17.9 Å². The molecular weight excluding hydrogens is 510 g/mol. The number of nitrogens with zero attached hydrogens (tertiary/aromatic N) is 1. The summed E-state index contributed by atoms with van der Waals surface area (Å²) in [6.45, 7) is 7.57. The summed E-state index contributed by atoms with van der Waals surface area (Å²) in [5.74, 6) is -3.06. The molecule has 7 nitrogen and oxygen atoms in total. The highest BCUT2D eigenvalue weighted by molar-refractivity contribution is 6.70. The molecule has 0 unspecified atom stereocenters. The molecule has 4 rings (SSSR count). The average molecular weight is 542 g/mol.